The summed E-state index contributed by atoms with van der Waals surface area (Å²) in [6.45, 7) is 8.66. The topological polar surface area (TPSA) is 591 Å². The van der Waals surface area contributed by atoms with E-state index in [1.165, 1.54) is 43.3 Å². The van der Waals surface area contributed by atoms with Crippen molar-refractivity contribution in [2.45, 2.75) is 87.0 Å². The van der Waals surface area contributed by atoms with Gasteiger partial charge in [0, 0.05) is 39.2 Å². The van der Waals surface area contributed by atoms with Crippen LogP contribution in [0.5, 0.6) is 11.6 Å². The Morgan fingerprint density at radius 1 is 0.523 bits per heavy atom. The highest BCUT2D eigenvalue weighted by molar-refractivity contribution is 7.99. The van der Waals surface area contributed by atoms with Gasteiger partial charge in [-0.3, -0.25) is 31.7 Å². The average molecular weight is 1650 g/mol. The Morgan fingerprint density at radius 2 is 1.04 bits per heavy atom. The van der Waals surface area contributed by atoms with E-state index in [1.54, 1.807) is 26.0 Å². The zero-order valence-corrected chi connectivity index (χ0v) is 64.5. The Kier molecular flexibility index (Phi) is 26.4. The second-order valence-electron chi connectivity index (χ2n) is 24.0. The van der Waals surface area contributed by atoms with E-state index < -0.39 is 119 Å². The maximum absolute atomic E-state index is 12.2. The first-order chi connectivity index (χ1) is 51.0. The molecule has 109 heavy (non-hydrogen) atoms. The van der Waals surface area contributed by atoms with Gasteiger partial charge in [-0.15, -0.1) is 54.2 Å². The second kappa shape index (κ2) is 34.5. The molecular formula is C63H67N17O21S8. The second-order valence-corrected chi connectivity index (χ2v) is 35.4. The molecule has 0 aliphatic carbocycles. The largest absolute Gasteiger partial charge is 0.493 e. The normalized spacial score (nSPS) is 12.7. The summed E-state index contributed by atoms with van der Waals surface area (Å²) in [4.78, 5) is 16.9. The lowest BCUT2D eigenvalue weighted by Gasteiger charge is -2.15. The predicted octanol–water partition coefficient (Wildman–Crippen LogP) is 12.9. The van der Waals surface area contributed by atoms with Crippen molar-refractivity contribution < 1.29 is 92.8 Å². The number of nitrogens with zero attached hydrogens (tertiary/aromatic N) is 14. The molecule has 0 saturated heterocycles. The maximum atomic E-state index is 12.2. The Bertz CT molecular complexity index is 5960. The van der Waals surface area contributed by atoms with Crippen molar-refractivity contribution in [3.8, 4) is 17.7 Å². The molecule has 46 heteroatoms. The minimum Gasteiger partial charge on any atom is -0.493 e. The number of aryl methyl sites for hydroxylation is 5. The number of fused-ring (bicyclic) bond motifs is 3. The van der Waals surface area contributed by atoms with Crippen LogP contribution in [0.2, 0.25) is 0 Å². The van der Waals surface area contributed by atoms with Crippen molar-refractivity contribution >= 4 is 176 Å². The monoisotopic (exact) mass is 1650 g/mol. The number of aliphatic hydroxyl groups is 1. The highest BCUT2D eigenvalue weighted by Crippen LogP contribution is 2.46. The van der Waals surface area contributed by atoms with Gasteiger partial charge in [-0.1, -0.05) is 23.8 Å². The molecule has 0 aliphatic rings. The summed E-state index contributed by atoms with van der Waals surface area (Å²) in [5.74, 6) is -4.72. The summed E-state index contributed by atoms with van der Waals surface area (Å²) in [5.41, 5.74) is 3.33. The summed E-state index contributed by atoms with van der Waals surface area (Å²) in [6, 6.07) is 21.4. The number of imidazole rings is 1. The fraction of sp³-hybridized carbons (Fsp3) is 0.286. The van der Waals surface area contributed by atoms with Crippen LogP contribution in [0.25, 0.3) is 16.7 Å². The van der Waals surface area contributed by atoms with Crippen molar-refractivity contribution in [3.05, 3.63) is 129 Å². The Morgan fingerprint density at radius 3 is 1.62 bits per heavy atom. The number of azo groups is 4. The molecule has 0 amide bonds. The number of nitriles is 1. The molecule has 0 bridgehead atoms. The van der Waals surface area contributed by atoms with E-state index in [0.717, 1.165) is 68.9 Å². The van der Waals surface area contributed by atoms with Crippen LogP contribution in [0.4, 0.5) is 74.7 Å². The van der Waals surface area contributed by atoms with Crippen molar-refractivity contribution in [3.63, 3.8) is 0 Å². The third-order valence-corrected chi connectivity index (χ3v) is 22.5. The number of aromatic nitrogens is 5. The lowest BCUT2D eigenvalue weighted by atomic mass is 10.1. The lowest BCUT2D eigenvalue weighted by molar-refractivity contribution is 0.282. The van der Waals surface area contributed by atoms with Gasteiger partial charge in [-0.05, 0) is 155 Å². The van der Waals surface area contributed by atoms with Gasteiger partial charge in [0.2, 0.25) is 23.7 Å². The van der Waals surface area contributed by atoms with Crippen LogP contribution in [0.1, 0.15) is 63.8 Å². The van der Waals surface area contributed by atoms with E-state index in [-0.39, 0.29) is 144 Å². The van der Waals surface area contributed by atoms with Crippen molar-refractivity contribution in [1.29, 1.82) is 5.26 Å². The third kappa shape index (κ3) is 22.9. The van der Waals surface area contributed by atoms with E-state index >= 15 is 0 Å². The van der Waals surface area contributed by atoms with E-state index in [1.807, 2.05) is 39.0 Å². The molecule has 578 valence electrons. The molecule has 6 aromatic carbocycles. The minimum atomic E-state index is -4.85. The number of rotatable bonds is 34. The number of aliphatic hydroxyl groups excluding tert-OH is 1. The summed E-state index contributed by atoms with van der Waals surface area (Å²) in [7, 11) is -27.6. The van der Waals surface area contributed by atoms with Crippen LogP contribution in [0, 0.1) is 52.9 Å². The van der Waals surface area contributed by atoms with E-state index in [9.17, 15) is 93.3 Å². The first-order valence-corrected chi connectivity index (χ1v) is 43.0. The fourth-order valence-corrected chi connectivity index (χ4v) is 15.7. The summed E-state index contributed by atoms with van der Waals surface area (Å²) in [6.07, 6.45) is -0.443. The third-order valence-electron chi connectivity index (χ3n) is 15.4. The zero-order valence-electron chi connectivity index (χ0n) is 58.0. The van der Waals surface area contributed by atoms with E-state index in [0.29, 0.717) is 21.8 Å². The molecule has 0 fully saturated rings. The van der Waals surface area contributed by atoms with Gasteiger partial charge in [-0.2, -0.15) is 80.9 Å². The van der Waals surface area contributed by atoms with E-state index in [2.05, 4.69) is 71.7 Å². The number of pyridine rings is 1. The number of benzene rings is 6. The average Bonchev–Trinajstić information content (AvgIpc) is 1.59. The van der Waals surface area contributed by atoms with Crippen LogP contribution in [0.15, 0.2) is 145 Å². The Balaban J connectivity index is 1.22. The maximum Gasteiger partial charge on any atom is 0.294 e. The Labute approximate surface area is 632 Å². The number of hydrogen-bond donors (Lipinski definition) is 11. The minimum absolute atomic E-state index is 0.00223. The van der Waals surface area contributed by atoms with Crippen LogP contribution < -0.4 is 20.7 Å². The van der Waals surface area contributed by atoms with Crippen molar-refractivity contribution in [2.75, 3.05) is 63.6 Å². The molecule has 0 unspecified atom stereocenters. The SMILES string of the molecule is Cc1cc(C)c(N=Nc2cc(SCCCS(=O)(=O)O)c(N=Nc3cc(SCCCS(=O)(=O)O)c(N=Nc4cc(OCCCS(=O)(=O)O)c(N=Nc5c(C)c(C#N)c6nc7cc(S(=O)(=O)O)cc(CO)c7n6c5O)cc4C)cc3Nc3nc(NCCS(=O)(=O)O)nc(Nc4cccc(S(=O)(=O)O)c4)n3)cc2C)c(C)c1. The molecule has 11 N–H and O–H groups in total. The van der Waals surface area contributed by atoms with Crippen molar-refractivity contribution in [2.24, 2.45) is 40.9 Å². The standard InChI is InChI=1S/C63H67N17O21S8/c1-34-21-37(4)56(38(5)22-34)78-73-46-30-54(102-15-9-18-105(86,87)88)50(24-36(46)3)76-74-48-31-55(103-16-10-19-106(89,90)91)51(28-47(48)68-63-70-61(65-13-20-107(92,93)94)69-62(71-63)66-41-11-7-12-42(26-41)108(95,96)97)77-72-45-29-53(101-14-8-17-104(83,84)85)49(23-35(45)2)75-79-57-39(6)44(32-64)59-67-52-27-43(109(98,99)100)25-40(33-81)58(52)80(59)60(57)82/h7,11-12,21-31,81-82H,8-10,13-20,33H2,1-6H3,(H,83,84,85)(H,86,87,88)(H,89,90,91)(H,92,93,94)(H,95,96,97)(H,98,99,100)(H3,65,66,68,69,70,71). The van der Waals surface area contributed by atoms with Gasteiger partial charge in [-0.25, -0.2) is 4.98 Å². The van der Waals surface area contributed by atoms with Crippen LogP contribution in [-0.4, -0.2) is 160 Å². The zero-order chi connectivity index (χ0) is 79.7. The number of ether oxygens (including phenoxy) is 1. The summed E-state index contributed by atoms with van der Waals surface area (Å²) >= 11 is 2.15. The lowest BCUT2D eigenvalue weighted by Crippen LogP contribution is -2.17. The summed E-state index contributed by atoms with van der Waals surface area (Å²) in [5, 5.41) is 77.6. The van der Waals surface area contributed by atoms with E-state index in [4.69, 9.17) is 9.85 Å². The van der Waals surface area contributed by atoms with Gasteiger partial charge in [0.25, 0.3) is 60.7 Å². The quantitative estimate of drug-likeness (QED) is 0.00772. The molecule has 38 nitrogen and oxygen atoms in total. The first-order valence-electron chi connectivity index (χ1n) is 31.8. The molecule has 0 atom stereocenters. The molecule has 3 heterocycles. The van der Waals surface area contributed by atoms with Gasteiger partial charge < -0.3 is 30.9 Å². The molecule has 0 saturated carbocycles. The van der Waals surface area contributed by atoms with Gasteiger partial charge in [0.05, 0.1) is 85.5 Å². The van der Waals surface area contributed by atoms with Gasteiger partial charge >= 0.3 is 0 Å². The fourth-order valence-electron chi connectivity index (χ4n) is 10.4. The number of anilines is 5. The molecule has 9 rings (SSSR count). The smallest absolute Gasteiger partial charge is 0.294 e. The highest BCUT2D eigenvalue weighted by atomic mass is 32.2. The molecule has 0 radical (unpaired) electrons. The summed E-state index contributed by atoms with van der Waals surface area (Å²) < 4.78 is 209. The molecule has 9 aromatic rings. The highest BCUT2D eigenvalue weighted by Gasteiger charge is 2.26. The molecule has 3 aromatic heterocycles. The molecule has 0 aliphatic heterocycles. The molecule has 0 spiro atoms. The number of hydrogen-bond acceptors (Lipinski definition) is 33. The van der Waals surface area contributed by atoms with Gasteiger partial charge in [0.1, 0.15) is 34.4 Å². The predicted molar refractivity (Wildman–Crippen MR) is 403 cm³/mol. The Hall–Kier alpha value is -9.71. The van der Waals surface area contributed by atoms with Crippen LogP contribution >= 0.6 is 23.5 Å². The number of aromatic hydroxyl groups is 1. The van der Waals surface area contributed by atoms with Crippen molar-refractivity contribution in [1.82, 2.24) is 24.3 Å². The van der Waals surface area contributed by atoms with Crippen LogP contribution in [0.3, 0.4) is 0 Å². The molecular weight excluding hydrogens is 1590 g/mol. The number of thioether (sulfide) groups is 2. The number of nitrogens with one attached hydrogen (secondary N) is 3. The first kappa shape index (κ1) is 83.3. The van der Waals surface area contributed by atoms with Crippen LogP contribution in [-0.2, 0) is 67.3 Å². The van der Waals surface area contributed by atoms with Gasteiger partial charge in [0.15, 0.2) is 11.3 Å².